The topological polar surface area (TPSA) is 75.1 Å². The molecular weight excluding hydrogens is 218 g/mol. The van der Waals surface area contributed by atoms with Gasteiger partial charge in [-0.25, -0.2) is 19.3 Å². The molecule has 17 heavy (non-hydrogen) atoms. The molecular formula is C11H17N5O. The van der Waals surface area contributed by atoms with Crippen molar-refractivity contribution < 1.29 is 0 Å². The highest BCUT2D eigenvalue weighted by molar-refractivity contribution is 5.36. The Morgan fingerprint density at radius 2 is 2.35 bits per heavy atom. The first-order valence-electron chi connectivity index (χ1n) is 5.89. The fourth-order valence-corrected chi connectivity index (χ4v) is 1.86. The molecule has 2 N–H and O–H groups in total. The second kappa shape index (κ2) is 5.09. The van der Waals surface area contributed by atoms with Crippen LogP contribution in [-0.4, -0.2) is 32.2 Å². The van der Waals surface area contributed by atoms with Gasteiger partial charge in [0.1, 0.15) is 6.33 Å². The van der Waals surface area contributed by atoms with E-state index in [1.54, 1.807) is 0 Å². The molecule has 1 unspecified atom stereocenters. The van der Waals surface area contributed by atoms with Crippen molar-refractivity contribution in [3.05, 3.63) is 28.6 Å². The maximum absolute atomic E-state index is 11.3. The van der Waals surface area contributed by atoms with Crippen molar-refractivity contribution in [1.29, 1.82) is 0 Å². The van der Waals surface area contributed by atoms with Crippen LogP contribution in [0, 0.1) is 0 Å². The Morgan fingerprint density at radius 3 is 3.06 bits per heavy atom. The Hall–Kier alpha value is -1.69. The van der Waals surface area contributed by atoms with Gasteiger partial charge in [0.25, 0.3) is 0 Å². The van der Waals surface area contributed by atoms with Gasteiger partial charge in [-0.1, -0.05) is 13.8 Å². The zero-order valence-electron chi connectivity index (χ0n) is 10.1. The van der Waals surface area contributed by atoms with Crippen LogP contribution in [0.4, 0.5) is 0 Å². The van der Waals surface area contributed by atoms with E-state index in [1.807, 2.05) is 6.07 Å². The molecule has 0 aromatic carbocycles. The third-order valence-corrected chi connectivity index (χ3v) is 2.81. The summed E-state index contributed by atoms with van der Waals surface area (Å²) < 4.78 is 1.40. The van der Waals surface area contributed by atoms with Gasteiger partial charge in [0.15, 0.2) is 5.65 Å². The number of H-pyrrole nitrogens is 1. The SMILES string of the molecule is CCNC(CC)Cc1cc2n[nH]c(=O)n2cn1. The quantitative estimate of drug-likeness (QED) is 0.784. The average Bonchev–Trinajstić information content (AvgIpc) is 2.70. The average molecular weight is 235 g/mol. The summed E-state index contributed by atoms with van der Waals surface area (Å²) in [6.45, 7) is 5.18. The van der Waals surface area contributed by atoms with Crippen molar-refractivity contribution in [2.45, 2.75) is 32.7 Å². The lowest BCUT2D eigenvalue weighted by molar-refractivity contribution is 0.505. The van der Waals surface area contributed by atoms with Gasteiger partial charge < -0.3 is 5.32 Å². The summed E-state index contributed by atoms with van der Waals surface area (Å²) >= 11 is 0. The van der Waals surface area contributed by atoms with Crippen LogP contribution in [-0.2, 0) is 6.42 Å². The summed E-state index contributed by atoms with van der Waals surface area (Å²) in [7, 11) is 0. The monoisotopic (exact) mass is 235 g/mol. The molecule has 0 amide bonds. The molecule has 6 heteroatoms. The maximum atomic E-state index is 11.3. The summed E-state index contributed by atoms with van der Waals surface area (Å²) in [4.78, 5) is 15.5. The number of rotatable bonds is 5. The Kier molecular flexibility index (Phi) is 3.53. The molecule has 2 aromatic rings. The van der Waals surface area contributed by atoms with Crippen molar-refractivity contribution in [3.8, 4) is 0 Å². The maximum Gasteiger partial charge on any atom is 0.348 e. The third-order valence-electron chi connectivity index (χ3n) is 2.81. The van der Waals surface area contributed by atoms with Crippen molar-refractivity contribution in [3.63, 3.8) is 0 Å². The van der Waals surface area contributed by atoms with Gasteiger partial charge in [0.05, 0.1) is 0 Å². The van der Waals surface area contributed by atoms with Gasteiger partial charge in [0.2, 0.25) is 0 Å². The van der Waals surface area contributed by atoms with E-state index in [0.29, 0.717) is 11.7 Å². The molecule has 2 heterocycles. The van der Waals surface area contributed by atoms with Crippen LogP contribution in [0.3, 0.4) is 0 Å². The largest absolute Gasteiger partial charge is 0.348 e. The molecule has 0 saturated heterocycles. The van der Waals surface area contributed by atoms with Crippen molar-refractivity contribution >= 4 is 5.65 Å². The standard InChI is InChI=1S/C11H17N5O/c1-3-8(12-4-2)5-9-6-10-14-15-11(17)16(10)7-13-9/h6-8,12H,3-5H2,1-2H3,(H,15,17). The predicted molar refractivity (Wildman–Crippen MR) is 65.1 cm³/mol. The fourth-order valence-electron chi connectivity index (χ4n) is 1.86. The minimum absolute atomic E-state index is 0.252. The highest BCUT2D eigenvalue weighted by Gasteiger charge is 2.08. The molecule has 0 aliphatic carbocycles. The smallest absolute Gasteiger partial charge is 0.314 e. The van der Waals surface area contributed by atoms with Crippen LogP contribution < -0.4 is 11.0 Å². The first kappa shape index (κ1) is 11.8. The van der Waals surface area contributed by atoms with Crippen LogP contribution >= 0.6 is 0 Å². The number of fused-ring (bicyclic) bond motifs is 1. The summed E-state index contributed by atoms with van der Waals surface area (Å²) in [6, 6.07) is 2.26. The molecule has 0 aliphatic heterocycles. The fraction of sp³-hybridized carbons (Fsp3) is 0.545. The molecule has 0 aliphatic rings. The number of nitrogens with zero attached hydrogens (tertiary/aromatic N) is 3. The third kappa shape index (κ3) is 2.52. The highest BCUT2D eigenvalue weighted by atomic mass is 16.1. The minimum Gasteiger partial charge on any atom is -0.314 e. The van der Waals surface area contributed by atoms with E-state index in [2.05, 4.69) is 34.3 Å². The summed E-state index contributed by atoms with van der Waals surface area (Å²) in [5.41, 5.74) is 1.31. The predicted octanol–water partition coefficient (Wildman–Crippen LogP) is 0.348. The number of hydrogen-bond acceptors (Lipinski definition) is 4. The molecule has 1 atom stereocenters. The first-order valence-corrected chi connectivity index (χ1v) is 5.89. The molecule has 2 aromatic heterocycles. The highest BCUT2D eigenvalue weighted by Crippen LogP contribution is 2.04. The van der Waals surface area contributed by atoms with E-state index < -0.39 is 0 Å². The lowest BCUT2D eigenvalue weighted by Crippen LogP contribution is -2.30. The van der Waals surface area contributed by atoms with Crippen LogP contribution in [0.2, 0.25) is 0 Å². The molecule has 2 rings (SSSR count). The van der Waals surface area contributed by atoms with E-state index in [-0.39, 0.29) is 5.69 Å². The molecule has 0 spiro atoms. The second-order valence-electron chi connectivity index (χ2n) is 4.00. The number of nitrogens with one attached hydrogen (secondary N) is 2. The van der Waals surface area contributed by atoms with Crippen molar-refractivity contribution in [1.82, 2.24) is 24.9 Å². The van der Waals surface area contributed by atoms with Crippen LogP contribution in [0.1, 0.15) is 26.0 Å². The molecule has 6 nitrogen and oxygen atoms in total. The van der Waals surface area contributed by atoms with E-state index in [4.69, 9.17) is 0 Å². The molecule has 92 valence electrons. The van der Waals surface area contributed by atoms with E-state index >= 15 is 0 Å². The number of likely N-dealkylation sites (N-methyl/N-ethyl adjacent to an activating group) is 1. The van der Waals surface area contributed by atoms with Crippen LogP contribution in [0.25, 0.3) is 5.65 Å². The van der Waals surface area contributed by atoms with E-state index in [9.17, 15) is 4.79 Å². The lowest BCUT2D eigenvalue weighted by Gasteiger charge is -2.14. The zero-order chi connectivity index (χ0) is 12.3. The van der Waals surface area contributed by atoms with E-state index in [1.165, 1.54) is 10.7 Å². The molecule has 0 saturated carbocycles. The second-order valence-corrected chi connectivity index (χ2v) is 4.00. The Labute approximate surface area is 99.1 Å². The van der Waals surface area contributed by atoms with Gasteiger partial charge in [0, 0.05) is 24.2 Å². The van der Waals surface area contributed by atoms with Crippen LogP contribution in [0.15, 0.2) is 17.2 Å². The lowest BCUT2D eigenvalue weighted by atomic mass is 10.1. The minimum atomic E-state index is -0.252. The summed E-state index contributed by atoms with van der Waals surface area (Å²) in [5, 5.41) is 9.72. The molecule has 0 bridgehead atoms. The van der Waals surface area contributed by atoms with Gasteiger partial charge in [-0.15, -0.1) is 0 Å². The number of aromatic nitrogens is 4. The zero-order valence-corrected chi connectivity index (χ0v) is 10.1. The number of hydrogen-bond donors (Lipinski definition) is 2. The van der Waals surface area contributed by atoms with Gasteiger partial charge >= 0.3 is 5.69 Å². The van der Waals surface area contributed by atoms with Crippen molar-refractivity contribution in [2.75, 3.05) is 6.54 Å². The Bertz CT molecular complexity index is 544. The summed E-state index contributed by atoms with van der Waals surface area (Å²) in [5.74, 6) is 0. The Balaban J connectivity index is 2.21. The first-order chi connectivity index (χ1) is 8.24. The number of aromatic amines is 1. The van der Waals surface area contributed by atoms with Crippen molar-refractivity contribution in [2.24, 2.45) is 0 Å². The normalized spacial score (nSPS) is 13.1. The molecule has 0 radical (unpaired) electrons. The van der Waals surface area contributed by atoms with E-state index in [0.717, 1.165) is 25.1 Å². The van der Waals surface area contributed by atoms with Gasteiger partial charge in [-0.05, 0) is 13.0 Å². The summed E-state index contributed by atoms with van der Waals surface area (Å²) in [6.07, 6.45) is 3.42. The van der Waals surface area contributed by atoms with Crippen LogP contribution in [0.5, 0.6) is 0 Å². The van der Waals surface area contributed by atoms with Gasteiger partial charge in [-0.3, -0.25) is 0 Å². The Morgan fingerprint density at radius 1 is 1.53 bits per heavy atom. The van der Waals surface area contributed by atoms with Gasteiger partial charge in [-0.2, -0.15) is 5.10 Å². The molecule has 0 fully saturated rings.